The highest BCUT2D eigenvalue weighted by atomic mass is 32.2. The maximum Gasteiger partial charge on any atom is 0.277 e. The normalized spacial score (nSPS) is 15.5. The number of aromatic nitrogens is 2. The minimum Gasteiger partial charge on any atom is -0.415 e. The lowest BCUT2D eigenvalue weighted by molar-refractivity contribution is -0.130. The molecular formula is C17H22N4O2S2. The first kappa shape index (κ1) is 18.3. The molecule has 0 atom stereocenters. The molecule has 6 nitrogen and oxygen atoms in total. The molecule has 134 valence electrons. The Morgan fingerprint density at radius 2 is 1.92 bits per heavy atom. The number of hydrogen-bond donors (Lipinski definition) is 0. The SMILES string of the molecule is CSCc1nnc(SCC(=O)N2CCN(Cc3ccccc3)CC2)o1. The molecule has 3 rings (SSSR count). The number of carbonyl (C=O) groups is 1. The van der Waals surface area contributed by atoms with Crippen LogP contribution >= 0.6 is 23.5 Å². The second-order valence-electron chi connectivity index (χ2n) is 5.83. The summed E-state index contributed by atoms with van der Waals surface area (Å²) < 4.78 is 5.49. The number of benzene rings is 1. The quantitative estimate of drug-likeness (QED) is 0.686. The van der Waals surface area contributed by atoms with Crippen LogP contribution in [0.2, 0.25) is 0 Å². The molecule has 2 heterocycles. The van der Waals surface area contributed by atoms with Crippen LogP contribution in [0.3, 0.4) is 0 Å². The van der Waals surface area contributed by atoms with Gasteiger partial charge in [0, 0.05) is 32.7 Å². The molecule has 1 aromatic carbocycles. The van der Waals surface area contributed by atoms with Gasteiger partial charge in [0.1, 0.15) is 0 Å². The van der Waals surface area contributed by atoms with E-state index in [0.717, 1.165) is 32.7 Å². The van der Waals surface area contributed by atoms with Gasteiger partial charge < -0.3 is 9.32 Å². The van der Waals surface area contributed by atoms with Crippen molar-refractivity contribution in [2.45, 2.75) is 17.5 Å². The molecule has 0 aliphatic carbocycles. The summed E-state index contributed by atoms with van der Waals surface area (Å²) in [7, 11) is 0. The van der Waals surface area contributed by atoms with E-state index in [2.05, 4.69) is 39.4 Å². The van der Waals surface area contributed by atoms with Gasteiger partial charge in [-0.1, -0.05) is 42.1 Å². The molecular weight excluding hydrogens is 356 g/mol. The molecule has 0 spiro atoms. The van der Waals surface area contributed by atoms with E-state index in [1.54, 1.807) is 11.8 Å². The molecule has 1 aromatic heterocycles. The van der Waals surface area contributed by atoms with E-state index in [1.807, 2.05) is 17.2 Å². The zero-order valence-electron chi connectivity index (χ0n) is 14.3. The third-order valence-electron chi connectivity index (χ3n) is 4.01. The standard InChI is InChI=1S/C17H22N4O2S2/c1-24-12-15-18-19-17(23-15)25-13-16(22)21-9-7-20(8-10-21)11-14-5-3-2-4-6-14/h2-6H,7-13H2,1H3. The number of piperazine rings is 1. The number of rotatable bonds is 7. The van der Waals surface area contributed by atoms with Crippen LogP contribution in [-0.4, -0.2) is 64.1 Å². The zero-order valence-corrected chi connectivity index (χ0v) is 15.9. The van der Waals surface area contributed by atoms with E-state index >= 15 is 0 Å². The Morgan fingerprint density at radius 1 is 1.16 bits per heavy atom. The van der Waals surface area contributed by atoms with Crippen LogP contribution in [0.1, 0.15) is 11.5 Å². The van der Waals surface area contributed by atoms with Crippen LogP contribution in [0.5, 0.6) is 0 Å². The predicted octanol–water partition coefficient (Wildman–Crippen LogP) is 2.37. The van der Waals surface area contributed by atoms with Crippen molar-refractivity contribution in [2.75, 3.05) is 38.2 Å². The Morgan fingerprint density at radius 3 is 2.64 bits per heavy atom. The molecule has 2 aromatic rings. The van der Waals surface area contributed by atoms with E-state index in [0.29, 0.717) is 22.6 Å². The van der Waals surface area contributed by atoms with Gasteiger partial charge >= 0.3 is 0 Å². The Hall–Kier alpha value is -1.51. The highest BCUT2D eigenvalue weighted by Crippen LogP contribution is 2.19. The lowest BCUT2D eigenvalue weighted by Gasteiger charge is -2.34. The molecule has 1 aliphatic heterocycles. The third kappa shape index (κ3) is 5.49. The predicted molar refractivity (Wildman–Crippen MR) is 101 cm³/mol. The fraction of sp³-hybridized carbons (Fsp3) is 0.471. The van der Waals surface area contributed by atoms with Crippen LogP contribution in [0.4, 0.5) is 0 Å². The fourth-order valence-electron chi connectivity index (χ4n) is 2.69. The van der Waals surface area contributed by atoms with E-state index in [4.69, 9.17) is 4.42 Å². The van der Waals surface area contributed by atoms with Crippen molar-refractivity contribution < 1.29 is 9.21 Å². The van der Waals surface area contributed by atoms with Crippen LogP contribution in [0.15, 0.2) is 40.0 Å². The maximum absolute atomic E-state index is 12.4. The molecule has 0 N–H and O–H groups in total. The Labute approximate surface area is 156 Å². The summed E-state index contributed by atoms with van der Waals surface area (Å²) in [6.45, 7) is 4.30. The molecule has 0 saturated carbocycles. The van der Waals surface area contributed by atoms with Gasteiger partial charge in [-0.15, -0.1) is 10.2 Å². The summed E-state index contributed by atoms with van der Waals surface area (Å²) >= 11 is 2.95. The Balaban J connectivity index is 1.40. The summed E-state index contributed by atoms with van der Waals surface area (Å²) in [6, 6.07) is 10.4. The topological polar surface area (TPSA) is 62.5 Å². The highest BCUT2D eigenvalue weighted by Gasteiger charge is 2.21. The summed E-state index contributed by atoms with van der Waals surface area (Å²) in [4.78, 5) is 16.7. The first-order valence-electron chi connectivity index (χ1n) is 8.23. The molecule has 0 radical (unpaired) electrons. The number of amides is 1. The molecule has 1 aliphatic rings. The summed E-state index contributed by atoms with van der Waals surface area (Å²) in [5, 5.41) is 8.39. The van der Waals surface area contributed by atoms with Crippen molar-refractivity contribution in [1.82, 2.24) is 20.0 Å². The minimum absolute atomic E-state index is 0.133. The van der Waals surface area contributed by atoms with Gasteiger partial charge in [-0.3, -0.25) is 9.69 Å². The maximum atomic E-state index is 12.4. The molecule has 1 fully saturated rings. The van der Waals surface area contributed by atoms with Crippen molar-refractivity contribution >= 4 is 29.4 Å². The van der Waals surface area contributed by atoms with Gasteiger partial charge in [-0.25, -0.2) is 0 Å². The second-order valence-corrected chi connectivity index (χ2v) is 7.62. The summed E-state index contributed by atoms with van der Waals surface area (Å²) in [5.74, 6) is 1.79. The van der Waals surface area contributed by atoms with E-state index < -0.39 is 0 Å². The second kappa shape index (κ2) is 9.26. The van der Waals surface area contributed by atoms with Gasteiger partial charge in [0.25, 0.3) is 5.22 Å². The monoisotopic (exact) mass is 378 g/mol. The molecule has 1 amide bonds. The van der Waals surface area contributed by atoms with E-state index in [-0.39, 0.29) is 5.91 Å². The zero-order chi connectivity index (χ0) is 17.5. The van der Waals surface area contributed by atoms with Crippen LogP contribution in [0, 0.1) is 0 Å². The van der Waals surface area contributed by atoms with E-state index in [1.165, 1.54) is 17.3 Å². The van der Waals surface area contributed by atoms with Crippen LogP contribution < -0.4 is 0 Å². The molecule has 25 heavy (non-hydrogen) atoms. The third-order valence-corrected chi connectivity index (χ3v) is 5.35. The van der Waals surface area contributed by atoms with Gasteiger partial charge in [0.05, 0.1) is 11.5 Å². The lowest BCUT2D eigenvalue weighted by atomic mass is 10.2. The first-order chi connectivity index (χ1) is 12.2. The number of nitrogens with zero attached hydrogens (tertiary/aromatic N) is 4. The van der Waals surface area contributed by atoms with Crippen LogP contribution in [0.25, 0.3) is 0 Å². The van der Waals surface area contributed by atoms with Crippen molar-refractivity contribution in [3.05, 3.63) is 41.8 Å². The fourth-order valence-corrected chi connectivity index (χ4v) is 3.74. The molecule has 1 saturated heterocycles. The van der Waals surface area contributed by atoms with Gasteiger partial charge in [0.15, 0.2) is 0 Å². The minimum atomic E-state index is 0.133. The molecule has 8 heteroatoms. The smallest absolute Gasteiger partial charge is 0.277 e. The van der Waals surface area contributed by atoms with Crippen molar-refractivity contribution in [3.8, 4) is 0 Å². The largest absolute Gasteiger partial charge is 0.415 e. The highest BCUT2D eigenvalue weighted by molar-refractivity contribution is 7.99. The number of carbonyl (C=O) groups excluding carboxylic acids is 1. The average molecular weight is 379 g/mol. The Bertz CT molecular complexity index is 672. The summed E-state index contributed by atoms with van der Waals surface area (Å²) in [5.41, 5.74) is 1.32. The molecule has 0 bridgehead atoms. The van der Waals surface area contributed by atoms with Crippen molar-refractivity contribution in [2.24, 2.45) is 0 Å². The molecule has 0 unspecified atom stereocenters. The van der Waals surface area contributed by atoms with Gasteiger partial charge in [-0.2, -0.15) is 11.8 Å². The average Bonchev–Trinajstić information content (AvgIpc) is 3.09. The van der Waals surface area contributed by atoms with E-state index in [9.17, 15) is 4.79 Å². The lowest BCUT2D eigenvalue weighted by Crippen LogP contribution is -2.48. The first-order valence-corrected chi connectivity index (χ1v) is 10.6. The van der Waals surface area contributed by atoms with Crippen molar-refractivity contribution in [3.63, 3.8) is 0 Å². The van der Waals surface area contributed by atoms with Gasteiger partial charge in [-0.05, 0) is 11.8 Å². The van der Waals surface area contributed by atoms with Crippen molar-refractivity contribution in [1.29, 1.82) is 0 Å². The summed E-state index contributed by atoms with van der Waals surface area (Å²) in [6.07, 6.45) is 1.98. The van der Waals surface area contributed by atoms with Crippen LogP contribution in [-0.2, 0) is 17.1 Å². The van der Waals surface area contributed by atoms with Gasteiger partial charge in [0.2, 0.25) is 11.8 Å². The Kier molecular flexibility index (Phi) is 6.77. The number of thioether (sulfide) groups is 2. The number of hydrogen-bond acceptors (Lipinski definition) is 7.